The number of carbonyl (C=O) groups is 1. The third-order valence-corrected chi connectivity index (χ3v) is 4.91. The first-order chi connectivity index (χ1) is 9.34. The van der Waals surface area contributed by atoms with Gasteiger partial charge in [-0.1, -0.05) is 13.8 Å². The van der Waals surface area contributed by atoms with Gasteiger partial charge in [-0.15, -0.1) is 0 Å². The zero-order valence-corrected chi connectivity index (χ0v) is 13.4. The molecule has 0 radical (unpaired) electrons. The van der Waals surface area contributed by atoms with Crippen molar-refractivity contribution >= 4 is 15.8 Å². The van der Waals surface area contributed by atoms with Gasteiger partial charge >= 0.3 is 5.97 Å². The predicted octanol–water partition coefficient (Wildman–Crippen LogP) is 0.0366. The molecule has 0 aromatic heterocycles. The summed E-state index contributed by atoms with van der Waals surface area (Å²) < 4.78 is 28.2. The van der Waals surface area contributed by atoms with Crippen LogP contribution < -0.4 is 5.32 Å². The summed E-state index contributed by atoms with van der Waals surface area (Å²) in [4.78, 5) is 14.0. The van der Waals surface area contributed by atoms with Gasteiger partial charge < -0.3 is 15.0 Å². The van der Waals surface area contributed by atoms with Crippen LogP contribution in [0.4, 0.5) is 0 Å². The molecule has 0 spiro atoms. The van der Waals surface area contributed by atoms with Crippen LogP contribution in [0.2, 0.25) is 0 Å². The fourth-order valence-corrected chi connectivity index (χ4v) is 3.58. The fraction of sp³-hybridized carbons (Fsp3) is 0.923. The van der Waals surface area contributed by atoms with Crippen molar-refractivity contribution in [1.29, 1.82) is 0 Å². The maximum Gasteiger partial charge on any atom is 0.324 e. The van der Waals surface area contributed by atoms with Crippen LogP contribution in [0.1, 0.15) is 27.2 Å². The van der Waals surface area contributed by atoms with Gasteiger partial charge in [0.2, 0.25) is 0 Å². The van der Waals surface area contributed by atoms with E-state index in [-0.39, 0.29) is 23.5 Å². The molecule has 0 amide bonds. The molecule has 1 rings (SSSR count). The average molecular weight is 306 g/mol. The number of nitrogens with one attached hydrogen (secondary N) is 1. The first-order valence-corrected chi connectivity index (χ1v) is 9.01. The van der Waals surface area contributed by atoms with Crippen molar-refractivity contribution in [3.63, 3.8) is 0 Å². The molecule has 1 atom stereocenters. The molecule has 7 heteroatoms. The number of ether oxygens (including phenoxy) is 1. The number of hydrogen-bond acceptors (Lipinski definition) is 6. The van der Waals surface area contributed by atoms with E-state index < -0.39 is 15.9 Å². The molecule has 1 fully saturated rings. The minimum Gasteiger partial charge on any atom is -0.465 e. The molecule has 0 aliphatic carbocycles. The van der Waals surface area contributed by atoms with E-state index in [1.807, 2.05) is 18.7 Å². The number of nitrogens with zero attached hydrogens (tertiary/aromatic N) is 1. The van der Waals surface area contributed by atoms with Gasteiger partial charge in [-0.05, 0) is 19.9 Å². The SMILES string of the molecule is CCOC(=O)C(CN1CCCS(=O)(=O)CC1)NC(C)C. The van der Waals surface area contributed by atoms with Crippen LogP contribution >= 0.6 is 0 Å². The molecule has 1 saturated heterocycles. The highest BCUT2D eigenvalue weighted by Crippen LogP contribution is 2.07. The van der Waals surface area contributed by atoms with Crippen LogP contribution in [0.3, 0.4) is 0 Å². The van der Waals surface area contributed by atoms with E-state index in [1.165, 1.54) is 0 Å². The quantitative estimate of drug-likeness (QED) is 0.698. The summed E-state index contributed by atoms with van der Waals surface area (Å²) >= 11 is 0. The van der Waals surface area contributed by atoms with E-state index >= 15 is 0 Å². The molecule has 0 bridgehead atoms. The highest BCUT2D eigenvalue weighted by molar-refractivity contribution is 7.91. The summed E-state index contributed by atoms with van der Waals surface area (Å²) in [6, 6.07) is -0.240. The summed E-state index contributed by atoms with van der Waals surface area (Å²) in [5, 5.41) is 3.19. The average Bonchev–Trinajstić information content (AvgIpc) is 2.50. The van der Waals surface area contributed by atoms with Gasteiger partial charge in [-0.25, -0.2) is 8.42 Å². The lowest BCUT2D eigenvalue weighted by molar-refractivity contribution is -0.146. The number of esters is 1. The zero-order chi connectivity index (χ0) is 15.2. The van der Waals surface area contributed by atoms with E-state index in [0.29, 0.717) is 32.7 Å². The topological polar surface area (TPSA) is 75.7 Å². The second kappa shape index (κ2) is 7.95. The Morgan fingerprint density at radius 3 is 2.60 bits per heavy atom. The first kappa shape index (κ1) is 17.4. The fourth-order valence-electron chi connectivity index (χ4n) is 2.27. The Bertz CT molecular complexity index is 409. The second-order valence-electron chi connectivity index (χ2n) is 5.43. The van der Waals surface area contributed by atoms with Gasteiger partial charge in [0.1, 0.15) is 6.04 Å². The van der Waals surface area contributed by atoms with Gasteiger partial charge in [0.25, 0.3) is 0 Å². The van der Waals surface area contributed by atoms with Crippen molar-refractivity contribution < 1.29 is 17.9 Å². The van der Waals surface area contributed by atoms with Crippen molar-refractivity contribution in [2.45, 2.75) is 39.3 Å². The molecule has 0 aromatic rings. The normalized spacial score (nSPS) is 21.4. The van der Waals surface area contributed by atoms with Crippen LogP contribution in [-0.2, 0) is 19.4 Å². The van der Waals surface area contributed by atoms with Crippen LogP contribution in [0.15, 0.2) is 0 Å². The van der Waals surface area contributed by atoms with Crippen molar-refractivity contribution in [2.75, 3.05) is 37.7 Å². The Balaban J connectivity index is 2.61. The number of rotatable bonds is 6. The Morgan fingerprint density at radius 1 is 1.30 bits per heavy atom. The van der Waals surface area contributed by atoms with Gasteiger partial charge in [-0.2, -0.15) is 0 Å². The number of carbonyl (C=O) groups excluding carboxylic acids is 1. The Kier molecular flexibility index (Phi) is 6.91. The molecular weight excluding hydrogens is 280 g/mol. The van der Waals surface area contributed by atoms with E-state index in [1.54, 1.807) is 6.92 Å². The lowest BCUT2D eigenvalue weighted by Gasteiger charge is -2.26. The molecule has 0 aromatic carbocycles. The summed E-state index contributed by atoms with van der Waals surface area (Å²) in [7, 11) is -2.92. The predicted molar refractivity (Wildman–Crippen MR) is 78.4 cm³/mol. The highest BCUT2D eigenvalue weighted by Gasteiger charge is 2.26. The molecule has 6 nitrogen and oxygen atoms in total. The third kappa shape index (κ3) is 6.19. The van der Waals surface area contributed by atoms with E-state index in [0.717, 1.165) is 0 Å². The Morgan fingerprint density at radius 2 is 2.00 bits per heavy atom. The van der Waals surface area contributed by atoms with Gasteiger partial charge in [0.15, 0.2) is 9.84 Å². The maximum absolute atomic E-state index is 11.9. The van der Waals surface area contributed by atoms with Crippen molar-refractivity contribution in [3.8, 4) is 0 Å². The third-order valence-electron chi connectivity index (χ3n) is 3.19. The van der Waals surface area contributed by atoms with E-state index in [4.69, 9.17) is 4.74 Å². The molecule has 1 unspecified atom stereocenters. The molecule has 118 valence electrons. The lowest BCUT2D eigenvalue weighted by Crippen LogP contribution is -2.49. The van der Waals surface area contributed by atoms with Crippen molar-refractivity contribution in [2.24, 2.45) is 0 Å². The van der Waals surface area contributed by atoms with Gasteiger partial charge in [0.05, 0.1) is 18.1 Å². The van der Waals surface area contributed by atoms with Crippen LogP contribution in [0.5, 0.6) is 0 Å². The summed E-state index contributed by atoms with van der Waals surface area (Å²) in [5.74, 6) is 0.142. The molecule has 1 aliphatic heterocycles. The lowest BCUT2D eigenvalue weighted by atomic mass is 10.2. The van der Waals surface area contributed by atoms with E-state index in [9.17, 15) is 13.2 Å². The van der Waals surface area contributed by atoms with E-state index in [2.05, 4.69) is 5.32 Å². The molecular formula is C13H26N2O4S. The van der Waals surface area contributed by atoms with Crippen molar-refractivity contribution in [3.05, 3.63) is 0 Å². The van der Waals surface area contributed by atoms with Crippen LogP contribution in [0.25, 0.3) is 0 Å². The molecule has 0 saturated carbocycles. The minimum atomic E-state index is -2.92. The Labute approximate surface area is 121 Å². The molecule has 1 heterocycles. The smallest absolute Gasteiger partial charge is 0.324 e. The monoisotopic (exact) mass is 306 g/mol. The van der Waals surface area contributed by atoms with Crippen LogP contribution in [-0.4, -0.2) is 69.1 Å². The van der Waals surface area contributed by atoms with Gasteiger partial charge in [-0.3, -0.25) is 4.79 Å². The Hall–Kier alpha value is -0.660. The summed E-state index contributed by atoms with van der Waals surface area (Å²) in [6.07, 6.45) is 0.625. The second-order valence-corrected chi connectivity index (χ2v) is 7.74. The standard InChI is InChI=1S/C13H26N2O4S/c1-4-19-13(16)12(14-11(2)3)10-15-6-5-8-20(17,18)9-7-15/h11-12,14H,4-10H2,1-3H3. The number of hydrogen-bond donors (Lipinski definition) is 1. The van der Waals surface area contributed by atoms with Gasteiger partial charge in [0, 0.05) is 19.1 Å². The minimum absolute atomic E-state index is 0.167. The highest BCUT2D eigenvalue weighted by atomic mass is 32.2. The molecule has 20 heavy (non-hydrogen) atoms. The zero-order valence-electron chi connectivity index (χ0n) is 12.6. The molecule has 1 N–H and O–H groups in total. The first-order valence-electron chi connectivity index (χ1n) is 7.19. The summed E-state index contributed by atoms with van der Waals surface area (Å²) in [5.41, 5.74) is 0. The maximum atomic E-state index is 11.9. The van der Waals surface area contributed by atoms with Crippen LogP contribution in [0, 0.1) is 0 Å². The molecule has 1 aliphatic rings. The van der Waals surface area contributed by atoms with Crippen molar-refractivity contribution in [1.82, 2.24) is 10.2 Å². The summed E-state index contributed by atoms with van der Waals surface area (Å²) in [6.45, 7) is 7.75. The largest absolute Gasteiger partial charge is 0.465 e. The number of sulfone groups is 1.